The molecule has 0 aromatic heterocycles. The van der Waals surface area contributed by atoms with E-state index in [9.17, 15) is 27.6 Å². The van der Waals surface area contributed by atoms with Crippen molar-refractivity contribution in [1.82, 2.24) is 16.2 Å². The summed E-state index contributed by atoms with van der Waals surface area (Å²) in [5.74, 6) is -1.73. The number of halogens is 3. The summed E-state index contributed by atoms with van der Waals surface area (Å²) in [6.45, 7) is 0.669. The summed E-state index contributed by atoms with van der Waals surface area (Å²) in [7, 11) is 1.49. The van der Waals surface area contributed by atoms with Crippen molar-refractivity contribution in [2.24, 2.45) is 0 Å². The Labute approximate surface area is 141 Å². The van der Waals surface area contributed by atoms with E-state index in [0.29, 0.717) is 13.2 Å². The standard InChI is InChI=1S/C15H18F3N3O4/c1-25-9-8-19-12(22)6-7-13(23)20-21-14(24)10-2-4-11(5-3-10)15(16,17)18/h2-5H,6-9H2,1H3,(H,19,22)(H,20,23)(H,21,24). The topological polar surface area (TPSA) is 96.5 Å². The summed E-state index contributed by atoms with van der Waals surface area (Å²) < 4.78 is 42.0. The summed E-state index contributed by atoms with van der Waals surface area (Å²) in [5, 5.41) is 2.52. The number of methoxy groups -OCH3 is 1. The molecule has 0 saturated carbocycles. The molecule has 1 aromatic carbocycles. The van der Waals surface area contributed by atoms with Crippen molar-refractivity contribution < 1.29 is 32.3 Å². The fourth-order valence-corrected chi connectivity index (χ4v) is 1.68. The predicted octanol–water partition coefficient (Wildman–Crippen LogP) is 1.01. The Balaban J connectivity index is 2.36. The second kappa shape index (κ2) is 9.62. The van der Waals surface area contributed by atoms with Gasteiger partial charge in [-0.05, 0) is 24.3 Å². The molecule has 0 aliphatic rings. The number of ether oxygens (including phenoxy) is 1. The quantitative estimate of drug-likeness (QED) is 0.499. The first-order chi connectivity index (χ1) is 11.7. The SMILES string of the molecule is COCCNC(=O)CCC(=O)NNC(=O)c1ccc(C(F)(F)F)cc1. The van der Waals surface area contributed by atoms with E-state index in [2.05, 4.69) is 16.2 Å². The van der Waals surface area contributed by atoms with Gasteiger partial charge in [-0.2, -0.15) is 13.2 Å². The first kappa shape index (κ1) is 20.4. The van der Waals surface area contributed by atoms with Crippen LogP contribution in [0.4, 0.5) is 13.2 Å². The number of hydrogen-bond donors (Lipinski definition) is 3. The molecule has 7 nitrogen and oxygen atoms in total. The summed E-state index contributed by atoms with van der Waals surface area (Å²) >= 11 is 0. The lowest BCUT2D eigenvalue weighted by Gasteiger charge is -2.09. The van der Waals surface area contributed by atoms with E-state index in [4.69, 9.17) is 4.74 Å². The molecule has 10 heteroatoms. The van der Waals surface area contributed by atoms with Crippen molar-refractivity contribution in [3.05, 3.63) is 35.4 Å². The van der Waals surface area contributed by atoms with Crippen molar-refractivity contribution >= 4 is 17.7 Å². The Kier molecular flexibility index (Phi) is 7.86. The molecule has 0 aliphatic heterocycles. The Bertz CT molecular complexity index is 603. The van der Waals surface area contributed by atoms with E-state index < -0.39 is 23.6 Å². The molecule has 1 rings (SSSR count). The highest BCUT2D eigenvalue weighted by Crippen LogP contribution is 2.28. The molecular formula is C15H18F3N3O4. The lowest BCUT2D eigenvalue weighted by Crippen LogP contribution is -2.42. The third-order valence-electron chi connectivity index (χ3n) is 3.00. The number of nitrogens with one attached hydrogen (secondary N) is 3. The van der Waals surface area contributed by atoms with E-state index in [1.807, 2.05) is 0 Å². The molecule has 0 bridgehead atoms. The first-order valence-electron chi connectivity index (χ1n) is 7.26. The van der Waals surface area contributed by atoms with Gasteiger partial charge in [0.05, 0.1) is 12.2 Å². The molecule has 0 radical (unpaired) electrons. The molecule has 25 heavy (non-hydrogen) atoms. The molecule has 0 saturated heterocycles. The fourth-order valence-electron chi connectivity index (χ4n) is 1.68. The van der Waals surface area contributed by atoms with Crippen molar-refractivity contribution in [2.45, 2.75) is 19.0 Å². The van der Waals surface area contributed by atoms with E-state index in [0.717, 1.165) is 24.3 Å². The van der Waals surface area contributed by atoms with Crippen molar-refractivity contribution in [1.29, 1.82) is 0 Å². The fraction of sp³-hybridized carbons (Fsp3) is 0.400. The monoisotopic (exact) mass is 361 g/mol. The van der Waals surface area contributed by atoms with Crippen molar-refractivity contribution in [3.8, 4) is 0 Å². The molecule has 0 aliphatic carbocycles. The summed E-state index contributed by atoms with van der Waals surface area (Å²) in [5.41, 5.74) is 3.21. The molecule has 0 unspecified atom stereocenters. The zero-order valence-corrected chi connectivity index (χ0v) is 13.4. The Hall–Kier alpha value is -2.62. The highest BCUT2D eigenvalue weighted by atomic mass is 19.4. The van der Waals surface area contributed by atoms with E-state index in [1.165, 1.54) is 7.11 Å². The van der Waals surface area contributed by atoms with Gasteiger partial charge in [-0.25, -0.2) is 0 Å². The number of rotatable bonds is 7. The molecule has 1 aromatic rings. The van der Waals surface area contributed by atoms with Crippen LogP contribution in [0.1, 0.15) is 28.8 Å². The largest absolute Gasteiger partial charge is 0.416 e. The van der Waals surface area contributed by atoms with Gasteiger partial charge in [-0.3, -0.25) is 25.2 Å². The number of benzene rings is 1. The van der Waals surface area contributed by atoms with Crippen LogP contribution in [0.3, 0.4) is 0 Å². The van der Waals surface area contributed by atoms with Crippen LogP contribution >= 0.6 is 0 Å². The molecule has 0 fully saturated rings. The average molecular weight is 361 g/mol. The normalized spacial score (nSPS) is 10.9. The van der Waals surface area contributed by atoms with Gasteiger partial charge in [0.1, 0.15) is 0 Å². The second-order valence-electron chi connectivity index (χ2n) is 4.92. The minimum atomic E-state index is -4.49. The Morgan fingerprint density at radius 2 is 1.60 bits per heavy atom. The molecule has 0 spiro atoms. The molecular weight excluding hydrogens is 343 g/mol. The van der Waals surface area contributed by atoms with Crippen LogP contribution in [-0.2, 0) is 20.5 Å². The van der Waals surface area contributed by atoms with Gasteiger partial charge >= 0.3 is 6.18 Å². The van der Waals surface area contributed by atoms with Gasteiger partial charge in [0.15, 0.2) is 0 Å². The smallest absolute Gasteiger partial charge is 0.383 e. The third kappa shape index (κ3) is 7.66. The zero-order chi connectivity index (χ0) is 18.9. The maximum atomic E-state index is 12.4. The van der Waals surface area contributed by atoms with Crippen LogP contribution < -0.4 is 16.2 Å². The Morgan fingerprint density at radius 1 is 1.00 bits per heavy atom. The van der Waals surface area contributed by atoms with Gasteiger partial charge in [-0.15, -0.1) is 0 Å². The van der Waals surface area contributed by atoms with E-state index in [-0.39, 0.29) is 24.3 Å². The molecule has 138 valence electrons. The second-order valence-corrected chi connectivity index (χ2v) is 4.92. The van der Waals surface area contributed by atoms with Gasteiger partial charge in [-0.1, -0.05) is 0 Å². The minimum Gasteiger partial charge on any atom is -0.383 e. The average Bonchev–Trinajstić information content (AvgIpc) is 2.57. The lowest BCUT2D eigenvalue weighted by molar-refractivity contribution is -0.137. The van der Waals surface area contributed by atoms with Crippen LogP contribution in [0, 0.1) is 0 Å². The Morgan fingerprint density at radius 3 is 2.16 bits per heavy atom. The van der Waals surface area contributed by atoms with E-state index in [1.54, 1.807) is 0 Å². The maximum absolute atomic E-state index is 12.4. The molecule has 3 amide bonds. The summed E-state index contributed by atoms with van der Waals surface area (Å²) in [4.78, 5) is 34.6. The summed E-state index contributed by atoms with van der Waals surface area (Å²) in [6.07, 6.45) is -4.73. The number of carbonyl (C=O) groups excluding carboxylic acids is 3. The third-order valence-corrected chi connectivity index (χ3v) is 3.00. The van der Waals surface area contributed by atoms with Crippen molar-refractivity contribution in [2.75, 3.05) is 20.3 Å². The summed E-state index contributed by atoms with van der Waals surface area (Å²) in [6, 6.07) is 3.52. The number of hydrogen-bond acceptors (Lipinski definition) is 4. The van der Waals surface area contributed by atoms with Crippen LogP contribution in [-0.4, -0.2) is 38.0 Å². The van der Waals surface area contributed by atoms with Crippen LogP contribution in [0.5, 0.6) is 0 Å². The minimum absolute atomic E-state index is 0.0504. The van der Waals surface area contributed by atoms with Gasteiger partial charge in [0, 0.05) is 32.1 Å². The number of alkyl halides is 3. The zero-order valence-electron chi connectivity index (χ0n) is 13.4. The molecule has 3 N–H and O–H groups in total. The van der Waals surface area contributed by atoms with E-state index >= 15 is 0 Å². The predicted molar refractivity (Wildman–Crippen MR) is 81.2 cm³/mol. The maximum Gasteiger partial charge on any atom is 0.416 e. The first-order valence-corrected chi connectivity index (χ1v) is 7.26. The number of hydrazine groups is 1. The van der Waals surface area contributed by atoms with Crippen LogP contribution in [0.25, 0.3) is 0 Å². The molecule has 0 atom stereocenters. The van der Waals surface area contributed by atoms with Gasteiger partial charge in [0.2, 0.25) is 11.8 Å². The molecule has 0 heterocycles. The van der Waals surface area contributed by atoms with Crippen LogP contribution in [0.2, 0.25) is 0 Å². The highest BCUT2D eigenvalue weighted by molar-refractivity contribution is 5.95. The lowest BCUT2D eigenvalue weighted by atomic mass is 10.1. The number of carbonyl (C=O) groups is 3. The number of amides is 3. The van der Waals surface area contributed by atoms with Crippen molar-refractivity contribution in [3.63, 3.8) is 0 Å². The highest BCUT2D eigenvalue weighted by Gasteiger charge is 2.30. The van der Waals surface area contributed by atoms with Crippen LogP contribution in [0.15, 0.2) is 24.3 Å². The van der Waals surface area contributed by atoms with Gasteiger partial charge < -0.3 is 10.1 Å². The van der Waals surface area contributed by atoms with Gasteiger partial charge in [0.25, 0.3) is 5.91 Å².